The number of fused-ring (bicyclic) bond motifs is 1. The van der Waals surface area contributed by atoms with Gasteiger partial charge in [-0.1, -0.05) is 41.6 Å². The molecule has 1 aromatic heterocycles. The van der Waals surface area contributed by atoms with Crippen molar-refractivity contribution >= 4 is 16.7 Å². The molecule has 5 heteroatoms. The van der Waals surface area contributed by atoms with Gasteiger partial charge in [0.25, 0.3) is 5.91 Å². The van der Waals surface area contributed by atoms with Gasteiger partial charge in [0.1, 0.15) is 6.26 Å². The van der Waals surface area contributed by atoms with Gasteiger partial charge in [-0.25, -0.2) is 0 Å². The van der Waals surface area contributed by atoms with Crippen molar-refractivity contribution in [1.82, 2.24) is 10.5 Å². The third-order valence-electron chi connectivity index (χ3n) is 3.28. The monoisotopic (exact) mass is 282 g/mol. The van der Waals surface area contributed by atoms with Crippen LogP contribution in [0.3, 0.4) is 0 Å². The van der Waals surface area contributed by atoms with Gasteiger partial charge in [0.05, 0.1) is 6.10 Å². The fourth-order valence-corrected chi connectivity index (χ4v) is 2.14. The Morgan fingerprint density at radius 3 is 2.76 bits per heavy atom. The second kappa shape index (κ2) is 5.76. The van der Waals surface area contributed by atoms with Gasteiger partial charge in [-0.3, -0.25) is 4.79 Å². The molecule has 1 unspecified atom stereocenters. The summed E-state index contributed by atoms with van der Waals surface area (Å²) in [5.41, 5.74) is 0.954. The standard InChI is InChI=1S/C16H14N2O3/c19-15(10-17-16(20)14-7-8-21-18-14)13-6-5-11-3-1-2-4-12(11)9-13/h1-9,15,19H,10H2,(H,17,20). The lowest BCUT2D eigenvalue weighted by atomic mass is 10.0. The average Bonchev–Trinajstić information content (AvgIpc) is 3.06. The Hall–Kier alpha value is -2.66. The van der Waals surface area contributed by atoms with Crippen LogP contribution in [0.15, 0.2) is 59.3 Å². The smallest absolute Gasteiger partial charge is 0.273 e. The van der Waals surface area contributed by atoms with E-state index in [4.69, 9.17) is 0 Å². The minimum absolute atomic E-state index is 0.115. The number of aromatic nitrogens is 1. The van der Waals surface area contributed by atoms with Crippen LogP contribution in [0.4, 0.5) is 0 Å². The zero-order chi connectivity index (χ0) is 14.7. The molecule has 106 valence electrons. The maximum absolute atomic E-state index is 11.7. The SMILES string of the molecule is O=C(NCC(O)c1ccc2ccccc2c1)c1ccon1. The summed E-state index contributed by atoms with van der Waals surface area (Å²) in [4.78, 5) is 11.7. The van der Waals surface area contributed by atoms with Gasteiger partial charge >= 0.3 is 0 Å². The van der Waals surface area contributed by atoms with E-state index in [-0.39, 0.29) is 18.1 Å². The minimum atomic E-state index is -0.773. The van der Waals surface area contributed by atoms with Crippen molar-refractivity contribution in [1.29, 1.82) is 0 Å². The quantitative estimate of drug-likeness (QED) is 0.770. The van der Waals surface area contributed by atoms with E-state index in [9.17, 15) is 9.90 Å². The van der Waals surface area contributed by atoms with Crippen LogP contribution in [0.2, 0.25) is 0 Å². The molecule has 1 heterocycles. The first-order valence-electron chi connectivity index (χ1n) is 6.59. The van der Waals surface area contributed by atoms with Crippen molar-refractivity contribution in [3.63, 3.8) is 0 Å². The molecule has 0 bridgehead atoms. The van der Waals surface area contributed by atoms with Gasteiger partial charge in [-0.2, -0.15) is 0 Å². The number of benzene rings is 2. The van der Waals surface area contributed by atoms with Gasteiger partial charge < -0.3 is 14.9 Å². The molecule has 0 aliphatic carbocycles. The van der Waals surface area contributed by atoms with E-state index in [1.807, 2.05) is 42.5 Å². The number of hydrogen-bond donors (Lipinski definition) is 2. The molecule has 2 aromatic carbocycles. The van der Waals surface area contributed by atoms with E-state index in [1.165, 1.54) is 12.3 Å². The van der Waals surface area contributed by atoms with Crippen molar-refractivity contribution in [3.05, 3.63) is 66.1 Å². The molecule has 2 N–H and O–H groups in total. The molecule has 0 spiro atoms. The molecule has 21 heavy (non-hydrogen) atoms. The lowest BCUT2D eigenvalue weighted by Crippen LogP contribution is -2.28. The molecule has 0 fully saturated rings. The predicted molar refractivity (Wildman–Crippen MR) is 77.7 cm³/mol. The molecule has 0 radical (unpaired) electrons. The highest BCUT2D eigenvalue weighted by molar-refractivity contribution is 5.92. The normalized spacial score (nSPS) is 12.2. The predicted octanol–water partition coefficient (Wildman–Crippen LogP) is 2.29. The fourth-order valence-electron chi connectivity index (χ4n) is 2.14. The minimum Gasteiger partial charge on any atom is -0.387 e. The number of carbonyl (C=O) groups is 1. The van der Waals surface area contributed by atoms with Crippen LogP contribution in [0.1, 0.15) is 22.2 Å². The summed E-state index contributed by atoms with van der Waals surface area (Å²) in [5, 5.41) is 18.5. The number of nitrogens with zero attached hydrogens (tertiary/aromatic N) is 1. The summed E-state index contributed by atoms with van der Waals surface area (Å²) in [6.45, 7) is 0.115. The topological polar surface area (TPSA) is 75.4 Å². The molecular weight excluding hydrogens is 268 g/mol. The Morgan fingerprint density at radius 2 is 2.00 bits per heavy atom. The molecule has 0 aliphatic heterocycles. The highest BCUT2D eigenvalue weighted by Gasteiger charge is 2.13. The molecule has 5 nitrogen and oxygen atoms in total. The molecule has 3 rings (SSSR count). The first kappa shape index (κ1) is 13.3. The summed E-state index contributed by atoms with van der Waals surface area (Å²) in [6, 6.07) is 15.1. The number of carbonyl (C=O) groups excluding carboxylic acids is 1. The second-order valence-electron chi connectivity index (χ2n) is 4.72. The lowest BCUT2D eigenvalue weighted by molar-refractivity contribution is 0.0907. The number of hydrogen-bond acceptors (Lipinski definition) is 4. The molecule has 1 amide bonds. The summed E-state index contributed by atoms with van der Waals surface area (Å²) in [6.07, 6.45) is 0.555. The highest BCUT2D eigenvalue weighted by atomic mass is 16.5. The van der Waals surface area contributed by atoms with E-state index < -0.39 is 6.10 Å². The molecule has 3 aromatic rings. The van der Waals surface area contributed by atoms with Crippen LogP contribution in [0, 0.1) is 0 Å². The van der Waals surface area contributed by atoms with E-state index >= 15 is 0 Å². The van der Waals surface area contributed by atoms with Gasteiger partial charge in [0.2, 0.25) is 0 Å². The first-order valence-corrected chi connectivity index (χ1v) is 6.59. The maximum Gasteiger partial charge on any atom is 0.273 e. The largest absolute Gasteiger partial charge is 0.387 e. The number of amides is 1. The van der Waals surface area contributed by atoms with Gasteiger partial charge in [0.15, 0.2) is 5.69 Å². The number of rotatable bonds is 4. The van der Waals surface area contributed by atoms with Crippen molar-refractivity contribution in [2.24, 2.45) is 0 Å². The first-order chi connectivity index (χ1) is 10.2. The number of nitrogens with one attached hydrogen (secondary N) is 1. The average molecular weight is 282 g/mol. The molecule has 1 atom stereocenters. The van der Waals surface area contributed by atoms with E-state index in [1.54, 1.807) is 0 Å². The Balaban J connectivity index is 1.69. The van der Waals surface area contributed by atoms with E-state index in [2.05, 4.69) is 15.0 Å². The van der Waals surface area contributed by atoms with Crippen LogP contribution in [0.25, 0.3) is 10.8 Å². The summed E-state index contributed by atoms with van der Waals surface area (Å²) in [5.74, 6) is -0.372. The van der Waals surface area contributed by atoms with Crippen molar-refractivity contribution in [2.75, 3.05) is 6.54 Å². The molecule has 0 aliphatic rings. The molecular formula is C16H14N2O3. The molecule has 0 saturated carbocycles. The fraction of sp³-hybridized carbons (Fsp3) is 0.125. The Bertz CT molecular complexity index is 753. The summed E-state index contributed by atoms with van der Waals surface area (Å²) >= 11 is 0. The van der Waals surface area contributed by atoms with Gasteiger partial charge in [-0.15, -0.1) is 0 Å². The maximum atomic E-state index is 11.7. The van der Waals surface area contributed by atoms with Crippen molar-refractivity contribution in [2.45, 2.75) is 6.10 Å². The van der Waals surface area contributed by atoms with E-state index in [0.717, 1.165) is 16.3 Å². The molecule has 0 saturated heterocycles. The Kier molecular flexibility index (Phi) is 3.66. The van der Waals surface area contributed by atoms with Gasteiger partial charge in [-0.05, 0) is 22.4 Å². The van der Waals surface area contributed by atoms with Crippen LogP contribution < -0.4 is 5.32 Å². The van der Waals surface area contributed by atoms with Crippen molar-refractivity contribution < 1.29 is 14.4 Å². The van der Waals surface area contributed by atoms with E-state index in [0.29, 0.717) is 0 Å². The van der Waals surface area contributed by atoms with Crippen LogP contribution in [0.5, 0.6) is 0 Å². The number of aliphatic hydroxyl groups is 1. The zero-order valence-electron chi connectivity index (χ0n) is 11.2. The van der Waals surface area contributed by atoms with Crippen LogP contribution in [-0.2, 0) is 0 Å². The van der Waals surface area contributed by atoms with Gasteiger partial charge in [0, 0.05) is 12.6 Å². The zero-order valence-corrected chi connectivity index (χ0v) is 11.2. The second-order valence-corrected chi connectivity index (χ2v) is 4.72. The lowest BCUT2D eigenvalue weighted by Gasteiger charge is -2.12. The Morgan fingerprint density at radius 1 is 1.19 bits per heavy atom. The summed E-state index contributed by atoms with van der Waals surface area (Å²) < 4.78 is 4.60. The van der Waals surface area contributed by atoms with Crippen LogP contribution in [-0.4, -0.2) is 22.7 Å². The Labute approximate surface area is 121 Å². The van der Waals surface area contributed by atoms with Crippen LogP contribution >= 0.6 is 0 Å². The third-order valence-corrected chi connectivity index (χ3v) is 3.28. The highest BCUT2D eigenvalue weighted by Crippen LogP contribution is 2.20. The third kappa shape index (κ3) is 2.93. The summed E-state index contributed by atoms with van der Waals surface area (Å²) in [7, 11) is 0. The number of aliphatic hydroxyl groups excluding tert-OH is 1. The van der Waals surface area contributed by atoms with Crippen molar-refractivity contribution in [3.8, 4) is 0 Å².